The van der Waals surface area contributed by atoms with Gasteiger partial charge in [-0.25, -0.2) is 4.79 Å². The van der Waals surface area contributed by atoms with Gasteiger partial charge < -0.3 is 9.64 Å². The highest BCUT2D eigenvalue weighted by Gasteiger charge is 2.17. The molecule has 0 fully saturated rings. The molecule has 0 atom stereocenters. The number of rotatable bonds is 4. The molecule has 4 nitrogen and oxygen atoms in total. The van der Waals surface area contributed by atoms with Crippen molar-refractivity contribution in [2.75, 3.05) is 11.9 Å². The van der Waals surface area contributed by atoms with Gasteiger partial charge in [0.15, 0.2) is 0 Å². The van der Waals surface area contributed by atoms with Crippen LogP contribution >= 0.6 is 22.6 Å². The maximum absolute atomic E-state index is 12.8. The van der Waals surface area contributed by atoms with Gasteiger partial charge >= 0.3 is 5.97 Å². The van der Waals surface area contributed by atoms with Gasteiger partial charge in [0.25, 0.3) is 5.91 Å². The standard InChI is InChI=1S/C21H16INO3/c1-23(19-13-6-5-12-18(19)22)20(24)16-10-7-11-17(14-16)26-21(25)15-8-3-2-4-9-15/h2-14H,1H3. The largest absolute Gasteiger partial charge is 0.423 e. The third-order valence-corrected chi connectivity index (χ3v) is 4.73. The van der Waals surface area contributed by atoms with Gasteiger partial charge in [0.05, 0.1) is 11.3 Å². The van der Waals surface area contributed by atoms with Crippen molar-refractivity contribution in [1.82, 2.24) is 0 Å². The van der Waals surface area contributed by atoms with Crippen LogP contribution in [0.15, 0.2) is 78.9 Å². The molecule has 0 radical (unpaired) electrons. The fraction of sp³-hybridized carbons (Fsp3) is 0.0476. The zero-order valence-corrected chi connectivity index (χ0v) is 16.2. The molecule has 0 saturated carbocycles. The fourth-order valence-corrected chi connectivity index (χ4v) is 3.21. The Morgan fingerprint density at radius 3 is 2.23 bits per heavy atom. The van der Waals surface area contributed by atoms with E-state index in [1.165, 1.54) is 0 Å². The summed E-state index contributed by atoms with van der Waals surface area (Å²) in [5.74, 6) is -0.297. The maximum atomic E-state index is 12.8. The first-order chi connectivity index (χ1) is 12.6. The minimum absolute atomic E-state index is 0.174. The van der Waals surface area contributed by atoms with E-state index in [0.717, 1.165) is 9.26 Å². The van der Waals surface area contributed by atoms with Gasteiger partial charge in [0.1, 0.15) is 5.75 Å². The molecule has 26 heavy (non-hydrogen) atoms. The molecule has 0 saturated heterocycles. The Kier molecular flexibility index (Phi) is 5.68. The highest BCUT2D eigenvalue weighted by Crippen LogP contribution is 2.24. The van der Waals surface area contributed by atoms with Gasteiger partial charge in [-0.15, -0.1) is 0 Å². The molecule has 3 rings (SSSR count). The number of para-hydroxylation sites is 1. The highest BCUT2D eigenvalue weighted by molar-refractivity contribution is 14.1. The van der Waals surface area contributed by atoms with Crippen LogP contribution < -0.4 is 9.64 Å². The molecule has 1 amide bonds. The summed E-state index contributed by atoms with van der Waals surface area (Å²) in [4.78, 5) is 26.5. The summed E-state index contributed by atoms with van der Waals surface area (Å²) in [5, 5.41) is 0. The second kappa shape index (κ2) is 8.14. The highest BCUT2D eigenvalue weighted by atomic mass is 127. The lowest BCUT2D eigenvalue weighted by Crippen LogP contribution is -2.27. The average molecular weight is 457 g/mol. The quantitative estimate of drug-likeness (QED) is 0.322. The lowest BCUT2D eigenvalue weighted by atomic mass is 10.1. The number of amides is 1. The lowest BCUT2D eigenvalue weighted by molar-refractivity contribution is 0.0733. The van der Waals surface area contributed by atoms with Crippen LogP contribution in [0.2, 0.25) is 0 Å². The van der Waals surface area contributed by atoms with Crippen LogP contribution in [0.25, 0.3) is 0 Å². The molecule has 0 aliphatic carbocycles. The van der Waals surface area contributed by atoms with E-state index in [-0.39, 0.29) is 5.91 Å². The first kappa shape index (κ1) is 18.1. The minimum Gasteiger partial charge on any atom is -0.423 e. The molecule has 5 heteroatoms. The second-order valence-electron chi connectivity index (χ2n) is 5.60. The number of halogens is 1. The number of benzene rings is 3. The van der Waals surface area contributed by atoms with E-state index >= 15 is 0 Å². The van der Waals surface area contributed by atoms with Gasteiger partial charge in [-0.1, -0.05) is 36.4 Å². The molecule has 3 aromatic carbocycles. The molecular weight excluding hydrogens is 441 g/mol. The minimum atomic E-state index is -0.457. The van der Waals surface area contributed by atoms with E-state index in [0.29, 0.717) is 16.9 Å². The Balaban J connectivity index is 1.80. The number of carbonyl (C=O) groups excluding carboxylic acids is 2. The molecule has 0 aromatic heterocycles. The van der Waals surface area contributed by atoms with Crippen molar-refractivity contribution in [3.63, 3.8) is 0 Å². The van der Waals surface area contributed by atoms with Crippen LogP contribution in [0.4, 0.5) is 5.69 Å². The van der Waals surface area contributed by atoms with Crippen LogP contribution in [0.1, 0.15) is 20.7 Å². The fourth-order valence-electron chi connectivity index (χ4n) is 2.46. The number of nitrogens with zero attached hydrogens (tertiary/aromatic N) is 1. The third kappa shape index (κ3) is 4.11. The van der Waals surface area contributed by atoms with E-state index in [1.807, 2.05) is 30.3 Å². The average Bonchev–Trinajstić information content (AvgIpc) is 2.68. The summed E-state index contributed by atoms with van der Waals surface area (Å²) in [6.07, 6.45) is 0. The number of ether oxygens (including phenoxy) is 1. The Morgan fingerprint density at radius 2 is 1.50 bits per heavy atom. The number of esters is 1. The molecule has 0 N–H and O–H groups in total. The number of hydrogen-bond donors (Lipinski definition) is 0. The van der Waals surface area contributed by atoms with Crippen molar-refractivity contribution in [3.05, 3.63) is 93.6 Å². The molecule has 0 unspecified atom stereocenters. The Labute approximate surface area is 165 Å². The molecular formula is C21H16INO3. The molecule has 0 bridgehead atoms. The predicted molar refractivity (Wildman–Crippen MR) is 110 cm³/mol. The van der Waals surface area contributed by atoms with Gasteiger partial charge in [0.2, 0.25) is 0 Å². The summed E-state index contributed by atoms with van der Waals surface area (Å²) in [6.45, 7) is 0. The van der Waals surface area contributed by atoms with Crippen molar-refractivity contribution < 1.29 is 14.3 Å². The molecule has 130 valence electrons. The van der Waals surface area contributed by atoms with Crippen LogP contribution in [0, 0.1) is 3.57 Å². The normalized spacial score (nSPS) is 10.2. The maximum Gasteiger partial charge on any atom is 0.343 e. The number of hydrogen-bond acceptors (Lipinski definition) is 3. The van der Waals surface area contributed by atoms with E-state index in [9.17, 15) is 9.59 Å². The van der Waals surface area contributed by atoms with E-state index < -0.39 is 5.97 Å². The third-order valence-electron chi connectivity index (χ3n) is 3.82. The SMILES string of the molecule is CN(C(=O)c1cccc(OC(=O)c2ccccc2)c1)c1ccccc1I. The van der Waals surface area contributed by atoms with E-state index in [4.69, 9.17) is 4.74 Å². The molecule has 0 aliphatic rings. The monoisotopic (exact) mass is 457 g/mol. The summed E-state index contributed by atoms with van der Waals surface area (Å²) >= 11 is 2.19. The number of anilines is 1. The summed E-state index contributed by atoms with van der Waals surface area (Å²) < 4.78 is 6.37. The zero-order valence-electron chi connectivity index (χ0n) is 14.1. The second-order valence-corrected chi connectivity index (χ2v) is 6.76. The lowest BCUT2D eigenvalue weighted by Gasteiger charge is -2.19. The predicted octanol–water partition coefficient (Wildman–Crippen LogP) is 4.79. The van der Waals surface area contributed by atoms with Crippen molar-refractivity contribution in [2.45, 2.75) is 0 Å². The molecule has 3 aromatic rings. The van der Waals surface area contributed by atoms with Gasteiger partial charge in [-0.2, -0.15) is 0 Å². The van der Waals surface area contributed by atoms with Crippen molar-refractivity contribution in [1.29, 1.82) is 0 Å². The van der Waals surface area contributed by atoms with Crippen molar-refractivity contribution in [3.8, 4) is 5.75 Å². The van der Waals surface area contributed by atoms with Gasteiger partial charge in [-0.05, 0) is 65.1 Å². The summed E-state index contributed by atoms with van der Waals surface area (Å²) in [5.41, 5.74) is 1.73. The van der Waals surface area contributed by atoms with Crippen LogP contribution in [-0.2, 0) is 0 Å². The first-order valence-corrected chi connectivity index (χ1v) is 9.04. The molecule has 0 aliphatic heterocycles. The summed E-state index contributed by atoms with van der Waals surface area (Å²) in [6, 6.07) is 23.0. The van der Waals surface area contributed by atoms with Gasteiger partial charge in [0, 0.05) is 16.2 Å². The van der Waals surface area contributed by atoms with Crippen LogP contribution in [0.3, 0.4) is 0 Å². The first-order valence-electron chi connectivity index (χ1n) is 7.96. The number of carbonyl (C=O) groups is 2. The van der Waals surface area contributed by atoms with Crippen LogP contribution in [0.5, 0.6) is 5.75 Å². The molecule has 0 spiro atoms. The van der Waals surface area contributed by atoms with Gasteiger partial charge in [-0.3, -0.25) is 4.79 Å². The van der Waals surface area contributed by atoms with Crippen LogP contribution in [-0.4, -0.2) is 18.9 Å². The topological polar surface area (TPSA) is 46.6 Å². The van der Waals surface area contributed by atoms with E-state index in [1.54, 1.807) is 60.5 Å². The smallest absolute Gasteiger partial charge is 0.343 e. The van der Waals surface area contributed by atoms with E-state index in [2.05, 4.69) is 22.6 Å². The Bertz CT molecular complexity index is 941. The zero-order chi connectivity index (χ0) is 18.5. The molecule has 0 heterocycles. The Hall–Kier alpha value is -2.67. The van der Waals surface area contributed by atoms with Crippen molar-refractivity contribution >= 4 is 40.2 Å². The van der Waals surface area contributed by atoms with Crippen molar-refractivity contribution in [2.24, 2.45) is 0 Å². The summed E-state index contributed by atoms with van der Waals surface area (Å²) in [7, 11) is 1.72. The Morgan fingerprint density at radius 1 is 0.846 bits per heavy atom.